The normalized spacial score (nSPS) is 23.6. The van der Waals surface area contributed by atoms with Gasteiger partial charge in [-0.2, -0.15) is 0 Å². The van der Waals surface area contributed by atoms with Crippen LogP contribution in [0, 0.1) is 5.92 Å². The Morgan fingerprint density at radius 3 is 2.87 bits per heavy atom. The molecule has 1 N–H and O–H groups in total. The van der Waals surface area contributed by atoms with Gasteiger partial charge in [0.1, 0.15) is 0 Å². The molecule has 1 heterocycles. The number of nitrogens with zero attached hydrogens (tertiary/aromatic N) is 1. The Labute approximate surface area is 95.4 Å². The van der Waals surface area contributed by atoms with Crippen LogP contribution in [0.1, 0.15) is 46.5 Å². The lowest BCUT2D eigenvalue weighted by atomic mass is 10.0. The summed E-state index contributed by atoms with van der Waals surface area (Å²) in [5, 5.41) is 3.51. The van der Waals surface area contributed by atoms with Crippen molar-refractivity contribution in [2.24, 2.45) is 5.92 Å². The van der Waals surface area contributed by atoms with Gasteiger partial charge >= 0.3 is 0 Å². The monoisotopic (exact) mass is 212 g/mol. The van der Waals surface area contributed by atoms with E-state index in [4.69, 9.17) is 0 Å². The van der Waals surface area contributed by atoms with Crippen molar-refractivity contribution in [3.63, 3.8) is 0 Å². The summed E-state index contributed by atoms with van der Waals surface area (Å²) in [4.78, 5) is 2.70. The molecule has 2 heteroatoms. The summed E-state index contributed by atoms with van der Waals surface area (Å²) < 4.78 is 0. The second kappa shape index (κ2) is 7.24. The van der Waals surface area contributed by atoms with Crippen molar-refractivity contribution in [1.82, 2.24) is 10.2 Å². The molecule has 0 aromatic rings. The lowest BCUT2D eigenvalue weighted by molar-refractivity contribution is 0.148. The maximum atomic E-state index is 3.51. The summed E-state index contributed by atoms with van der Waals surface area (Å²) in [5.41, 5.74) is 0. The molecule has 0 spiro atoms. The van der Waals surface area contributed by atoms with Gasteiger partial charge in [-0.25, -0.2) is 0 Å². The van der Waals surface area contributed by atoms with Gasteiger partial charge in [0.2, 0.25) is 0 Å². The van der Waals surface area contributed by atoms with Crippen LogP contribution in [0.25, 0.3) is 0 Å². The fraction of sp³-hybridized carbons (Fsp3) is 1.00. The topological polar surface area (TPSA) is 15.3 Å². The minimum absolute atomic E-state index is 0.802. The van der Waals surface area contributed by atoms with Gasteiger partial charge in [0.05, 0.1) is 0 Å². The Morgan fingerprint density at radius 1 is 1.40 bits per heavy atom. The molecule has 1 fully saturated rings. The molecule has 0 saturated carbocycles. The van der Waals surface area contributed by atoms with Gasteiger partial charge in [0.15, 0.2) is 0 Å². The number of piperazine rings is 1. The molecule has 1 saturated heterocycles. The first-order valence-corrected chi connectivity index (χ1v) is 6.68. The van der Waals surface area contributed by atoms with Crippen molar-refractivity contribution in [2.75, 3.05) is 26.2 Å². The zero-order chi connectivity index (χ0) is 11.1. The van der Waals surface area contributed by atoms with Crippen LogP contribution in [0.5, 0.6) is 0 Å². The molecular formula is C13H28N2. The van der Waals surface area contributed by atoms with Gasteiger partial charge in [-0.05, 0) is 31.7 Å². The highest BCUT2D eigenvalue weighted by Gasteiger charge is 2.20. The number of nitrogens with one attached hydrogen (secondary N) is 1. The largest absolute Gasteiger partial charge is 0.314 e. The van der Waals surface area contributed by atoms with Gasteiger partial charge in [-0.15, -0.1) is 0 Å². The van der Waals surface area contributed by atoms with Crippen LogP contribution >= 0.6 is 0 Å². The van der Waals surface area contributed by atoms with E-state index in [9.17, 15) is 0 Å². The Kier molecular flexibility index (Phi) is 6.26. The molecule has 0 bridgehead atoms. The van der Waals surface area contributed by atoms with E-state index in [0.29, 0.717) is 0 Å². The molecule has 2 nitrogen and oxygen atoms in total. The SMILES string of the molecule is CCCC1CNCCN1CCCC(C)C. The zero-order valence-corrected chi connectivity index (χ0v) is 10.8. The minimum Gasteiger partial charge on any atom is -0.314 e. The molecule has 90 valence electrons. The molecule has 15 heavy (non-hydrogen) atoms. The third-order valence-corrected chi connectivity index (χ3v) is 3.32. The first kappa shape index (κ1) is 13.0. The first-order valence-electron chi connectivity index (χ1n) is 6.68. The Bertz CT molecular complexity index is 155. The smallest absolute Gasteiger partial charge is 0.0221 e. The molecule has 1 rings (SSSR count). The average molecular weight is 212 g/mol. The Morgan fingerprint density at radius 2 is 2.20 bits per heavy atom. The highest BCUT2D eigenvalue weighted by Crippen LogP contribution is 2.12. The second-order valence-corrected chi connectivity index (χ2v) is 5.22. The van der Waals surface area contributed by atoms with Crippen molar-refractivity contribution in [3.8, 4) is 0 Å². The minimum atomic E-state index is 0.802. The van der Waals surface area contributed by atoms with Crippen molar-refractivity contribution in [2.45, 2.75) is 52.5 Å². The van der Waals surface area contributed by atoms with Gasteiger partial charge < -0.3 is 5.32 Å². The van der Waals surface area contributed by atoms with Crippen molar-refractivity contribution >= 4 is 0 Å². The van der Waals surface area contributed by atoms with Crippen molar-refractivity contribution in [1.29, 1.82) is 0 Å². The summed E-state index contributed by atoms with van der Waals surface area (Å²) in [6.07, 6.45) is 5.42. The van der Waals surface area contributed by atoms with Crippen LogP contribution < -0.4 is 5.32 Å². The third kappa shape index (κ3) is 4.98. The fourth-order valence-corrected chi connectivity index (χ4v) is 2.42. The molecule has 1 unspecified atom stereocenters. The van der Waals surface area contributed by atoms with E-state index < -0.39 is 0 Å². The quantitative estimate of drug-likeness (QED) is 0.728. The van der Waals surface area contributed by atoms with Gasteiger partial charge in [0, 0.05) is 25.7 Å². The standard InChI is InChI=1S/C13H28N2/c1-4-6-13-11-14-8-10-15(13)9-5-7-12(2)3/h12-14H,4-11H2,1-3H3. The van der Waals surface area contributed by atoms with Gasteiger partial charge in [-0.1, -0.05) is 27.2 Å². The molecule has 0 aromatic heterocycles. The summed E-state index contributed by atoms with van der Waals surface area (Å²) in [6.45, 7) is 11.9. The van der Waals surface area contributed by atoms with Crippen LogP contribution in [-0.4, -0.2) is 37.1 Å². The molecule has 0 aromatic carbocycles. The van der Waals surface area contributed by atoms with E-state index in [1.165, 1.54) is 51.9 Å². The lowest BCUT2D eigenvalue weighted by Gasteiger charge is -2.36. The van der Waals surface area contributed by atoms with E-state index in [0.717, 1.165) is 12.0 Å². The maximum absolute atomic E-state index is 3.51. The van der Waals surface area contributed by atoms with Crippen LogP contribution in [-0.2, 0) is 0 Å². The van der Waals surface area contributed by atoms with Crippen molar-refractivity contribution in [3.05, 3.63) is 0 Å². The maximum Gasteiger partial charge on any atom is 0.0221 e. The highest BCUT2D eigenvalue weighted by atomic mass is 15.2. The van der Waals surface area contributed by atoms with E-state index in [1.807, 2.05) is 0 Å². The number of hydrogen-bond donors (Lipinski definition) is 1. The van der Waals surface area contributed by atoms with Crippen LogP contribution in [0.15, 0.2) is 0 Å². The summed E-state index contributed by atoms with van der Waals surface area (Å²) in [7, 11) is 0. The van der Waals surface area contributed by atoms with Crippen LogP contribution in [0.2, 0.25) is 0 Å². The molecule has 1 aliphatic heterocycles. The molecule has 0 radical (unpaired) electrons. The Balaban J connectivity index is 2.23. The van der Waals surface area contributed by atoms with Gasteiger partial charge in [0.25, 0.3) is 0 Å². The van der Waals surface area contributed by atoms with Crippen LogP contribution in [0.4, 0.5) is 0 Å². The van der Waals surface area contributed by atoms with E-state index in [1.54, 1.807) is 0 Å². The number of hydrogen-bond acceptors (Lipinski definition) is 2. The average Bonchev–Trinajstić information content (AvgIpc) is 2.20. The van der Waals surface area contributed by atoms with Crippen molar-refractivity contribution < 1.29 is 0 Å². The molecule has 0 aliphatic carbocycles. The molecule has 1 atom stereocenters. The fourth-order valence-electron chi connectivity index (χ4n) is 2.42. The Hall–Kier alpha value is -0.0800. The zero-order valence-electron chi connectivity index (χ0n) is 10.8. The van der Waals surface area contributed by atoms with Gasteiger partial charge in [-0.3, -0.25) is 4.90 Å². The first-order chi connectivity index (χ1) is 7.24. The number of rotatable bonds is 6. The highest BCUT2D eigenvalue weighted by molar-refractivity contribution is 4.79. The lowest BCUT2D eigenvalue weighted by Crippen LogP contribution is -2.51. The second-order valence-electron chi connectivity index (χ2n) is 5.22. The summed E-state index contributed by atoms with van der Waals surface area (Å²) in [5.74, 6) is 0.859. The molecule has 0 amide bonds. The van der Waals surface area contributed by atoms with E-state index >= 15 is 0 Å². The molecule has 1 aliphatic rings. The third-order valence-electron chi connectivity index (χ3n) is 3.32. The predicted molar refractivity (Wildman–Crippen MR) is 67.2 cm³/mol. The summed E-state index contributed by atoms with van der Waals surface area (Å²) in [6, 6.07) is 0.802. The summed E-state index contributed by atoms with van der Waals surface area (Å²) >= 11 is 0. The van der Waals surface area contributed by atoms with Crippen LogP contribution in [0.3, 0.4) is 0 Å². The molecular weight excluding hydrogens is 184 g/mol. The van der Waals surface area contributed by atoms with E-state index in [2.05, 4.69) is 31.0 Å². The van der Waals surface area contributed by atoms with E-state index in [-0.39, 0.29) is 0 Å². The predicted octanol–water partition coefficient (Wildman–Crippen LogP) is 2.50.